The number of aliphatic hydroxyl groups excluding tert-OH is 1. The first-order valence-electron chi connectivity index (χ1n) is 12.4. The number of nitrogens with zero attached hydrogens (tertiary/aromatic N) is 6. The molecule has 6 heterocycles. The molecule has 0 aliphatic heterocycles. The molecule has 4 N–H and O–H groups in total. The molecule has 6 rings (SSSR count). The third kappa shape index (κ3) is 4.79. The van der Waals surface area contributed by atoms with Crippen molar-refractivity contribution in [1.82, 2.24) is 40.1 Å². The molecule has 0 fully saturated rings. The molecule has 1 atom stereocenters. The molecule has 10 nitrogen and oxygen atoms in total. The Balaban J connectivity index is 1.40. The number of rotatable bonds is 6. The van der Waals surface area contributed by atoms with Crippen LogP contribution in [-0.2, 0) is 0 Å². The van der Waals surface area contributed by atoms with Crippen molar-refractivity contribution in [3.63, 3.8) is 0 Å². The zero-order valence-electron chi connectivity index (χ0n) is 21.6. The van der Waals surface area contributed by atoms with Gasteiger partial charge in [0.1, 0.15) is 17.7 Å². The Kier molecular flexibility index (Phi) is 5.99. The second-order valence-corrected chi connectivity index (χ2v) is 10.5. The van der Waals surface area contributed by atoms with Crippen molar-refractivity contribution in [1.29, 1.82) is 0 Å². The Hall–Kier alpha value is -4.77. The second-order valence-electron chi connectivity index (χ2n) is 10.5. The summed E-state index contributed by atoms with van der Waals surface area (Å²) >= 11 is 0. The number of hydrogen-bond donors (Lipinski definition) is 4. The average Bonchev–Trinajstić information content (AvgIpc) is 3.53. The van der Waals surface area contributed by atoms with Crippen molar-refractivity contribution < 1.29 is 9.50 Å². The molecule has 0 saturated heterocycles. The SMILES string of the molecule is CC(C)(C)CC(O)Nc1cncc(-c2cnc3n[nH]c(-c4nc5nccc(-c6ccncc6)c5[nH]4)c3c2F)c1. The zero-order valence-corrected chi connectivity index (χ0v) is 21.6. The van der Waals surface area contributed by atoms with Crippen LogP contribution in [0.25, 0.3) is 56.0 Å². The van der Waals surface area contributed by atoms with Crippen LogP contribution in [-0.4, -0.2) is 51.4 Å². The van der Waals surface area contributed by atoms with Crippen molar-refractivity contribution >= 4 is 27.9 Å². The molecule has 0 aromatic carbocycles. The maximum atomic E-state index is 16.1. The molecule has 1 unspecified atom stereocenters. The van der Waals surface area contributed by atoms with Gasteiger partial charge in [0.2, 0.25) is 0 Å². The van der Waals surface area contributed by atoms with Crippen molar-refractivity contribution in [2.45, 2.75) is 33.4 Å². The predicted molar refractivity (Wildman–Crippen MR) is 147 cm³/mol. The van der Waals surface area contributed by atoms with Crippen molar-refractivity contribution in [2.75, 3.05) is 5.32 Å². The number of aliphatic hydroxyl groups is 1. The van der Waals surface area contributed by atoms with Crippen LogP contribution in [0.5, 0.6) is 0 Å². The fourth-order valence-electron chi connectivity index (χ4n) is 4.61. The highest BCUT2D eigenvalue weighted by Crippen LogP contribution is 2.34. The lowest BCUT2D eigenvalue weighted by Gasteiger charge is -2.23. The summed E-state index contributed by atoms with van der Waals surface area (Å²) in [5.74, 6) is -0.126. The zero-order chi connectivity index (χ0) is 27.1. The minimum atomic E-state index is -0.772. The fraction of sp³-hybridized carbons (Fsp3) is 0.214. The fourth-order valence-corrected chi connectivity index (χ4v) is 4.61. The number of aromatic amines is 2. The lowest BCUT2D eigenvalue weighted by molar-refractivity contribution is 0.145. The largest absolute Gasteiger partial charge is 0.374 e. The normalized spacial score (nSPS) is 12.7. The second kappa shape index (κ2) is 9.52. The van der Waals surface area contributed by atoms with Gasteiger partial charge in [0.05, 0.1) is 22.8 Å². The van der Waals surface area contributed by atoms with E-state index in [1.807, 2.05) is 39.0 Å². The smallest absolute Gasteiger partial charge is 0.184 e. The quantitative estimate of drug-likeness (QED) is 0.215. The van der Waals surface area contributed by atoms with Crippen LogP contribution in [0.15, 0.2) is 61.4 Å². The third-order valence-electron chi connectivity index (χ3n) is 6.33. The summed E-state index contributed by atoms with van der Waals surface area (Å²) in [6.45, 7) is 6.14. The van der Waals surface area contributed by atoms with Gasteiger partial charge in [-0.25, -0.2) is 19.3 Å². The number of H-pyrrole nitrogens is 2. The topological polar surface area (TPSA) is 141 Å². The Morgan fingerprint density at radius 2 is 1.77 bits per heavy atom. The van der Waals surface area contributed by atoms with Gasteiger partial charge >= 0.3 is 0 Å². The minimum Gasteiger partial charge on any atom is -0.374 e. The molecular weight excluding hydrogens is 497 g/mol. The minimum absolute atomic E-state index is 0.0680. The molecule has 0 bridgehead atoms. The Labute approximate surface area is 222 Å². The lowest BCUT2D eigenvalue weighted by Crippen LogP contribution is -2.25. The molecule has 6 aromatic heterocycles. The van der Waals surface area contributed by atoms with Crippen LogP contribution in [0.1, 0.15) is 27.2 Å². The van der Waals surface area contributed by atoms with Gasteiger partial charge < -0.3 is 15.4 Å². The summed E-state index contributed by atoms with van der Waals surface area (Å²) < 4.78 is 16.1. The highest BCUT2D eigenvalue weighted by molar-refractivity contribution is 5.96. The van der Waals surface area contributed by atoms with E-state index in [2.05, 4.69) is 45.4 Å². The van der Waals surface area contributed by atoms with Gasteiger partial charge in [-0.2, -0.15) is 5.10 Å². The molecule has 0 radical (unpaired) electrons. The molecule has 0 saturated carbocycles. The first-order chi connectivity index (χ1) is 18.8. The summed E-state index contributed by atoms with van der Waals surface area (Å²) in [5.41, 5.74) is 4.89. The number of imidazole rings is 1. The van der Waals surface area contributed by atoms with Crippen LogP contribution in [0.3, 0.4) is 0 Å². The van der Waals surface area contributed by atoms with Crippen LogP contribution < -0.4 is 5.32 Å². The maximum Gasteiger partial charge on any atom is 0.184 e. The molecular formula is C28H26FN9O. The van der Waals surface area contributed by atoms with E-state index in [1.165, 1.54) is 6.20 Å². The first-order valence-corrected chi connectivity index (χ1v) is 12.4. The third-order valence-corrected chi connectivity index (χ3v) is 6.33. The van der Waals surface area contributed by atoms with Gasteiger partial charge in [-0.3, -0.25) is 15.1 Å². The van der Waals surface area contributed by atoms with Crippen LogP contribution in [0.2, 0.25) is 0 Å². The van der Waals surface area contributed by atoms with Crippen molar-refractivity contribution in [2.24, 2.45) is 5.41 Å². The standard InChI is InChI=1S/C28H26FN9O/c1-28(2,3)11-20(39)34-17-10-16(12-31-13-17)19-14-33-25-21(22(19)29)24(37-38-25)27-35-23-18(6-9-32-26(23)36-27)15-4-7-30-8-5-15/h4-10,12-14,20,34,39H,11H2,1-3H3,(H,32,35,36)(H,33,37,38). The number of anilines is 1. The van der Waals surface area contributed by atoms with Crippen LogP contribution >= 0.6 is 0 Å². The van der Waals surface area contributed by atoms with E-state index in [9.17, 15) is 5.11 Å². The highest BCUT2D eigenvalue weighted by Gasteiger charge is 2.22. The maximum absolute atomic E-state index is 16.1. The number of hydrogen-bond acceptors (Lipinski definition) is 8. The Bertz CT molecular complexity index is 1790. The van der Waals surface area contributed by atoms with Gasteiger partial charge in [0.15, 0.2) is 17.1 Å². The van der Waals surface area contributed by atoms with E-state index in [4.69, 9.17) is 0 Å². The summed E-state index contributed by atoms with van der Waals surface area (Å²) in [5, 5.41) is 20.8. The van der Waals surface area contributed by atoms with E-state index >= 15 is 4.39 Å². The summed E-state index contributed by atoms with van der Waals surface area (Å²) in [6, 6.07) is 7.42. The van der Waals surface area contributed by atoms with Gasteiger partial charge in [-0.05, 0) is 41.7 Å². The Morgan fingerprint density at radius 3 is 2.56 bits per heavy atom. The molecule has 0 aliphatic carbocycles. The number of halogens is 1. The van der Waals surface area contributed by atoms with Gasteiger partial charge in [-0.1, -0.05) is 20.8 Å². The number of pyridine rings is 4. The van der Waals surface area contributed by atoms with E-state index in [1.54, 1.807) is 37.1 Å². The Morgan fingerprint density at radius 1 is 0.949 bits per heavy atom. The first kappa shape index (κ1) is 24.6. The van der Waals surface area contributed by atoms with Gasteiger partial charge in [0, 0.05) is 47.7 Å². The molecule has 0 spiro atoms. The van der Waals surface area contributed by atoms with Crippen LogP contribution in [0, 0.1) is 11.2 Å². The van der Waals surface area contributed by atoms with Gasteiger partial charge in [-0.15, -0.1) is 0 Å². The summed E-state index contributed by atoms with van der Waals surface area (Å²) in [4.78, 5) is 25.0. The van der Waals surface area contributed by atoms with Gasteiger partial charge in [0.25, 0.3) is 0 Å². The molecule has 6 aromatic rings. The number of aromatic nitrogens is 8. The predicted octanol–water partition coefficient (Wildman–Crippen LogP) is 5.33. The number of nitrogens with one attached hydrogen (secondary N) is 3. The highest BCUT2D eigenvalue weighted by atomic mass is 19.1. The molecule has 196 valence electrons. The van der Waals surface area contributed by atoms with E-state index in [-0.39, 0.29) is 22.0 Å². The number of fused-ring (bicyclic) bond motifs is 2. The molecule has 0 aliphatic rings. The molecule has 11 heteroatoms. The summed E-state index contributed by atoms with van der Waals surface area (Å²) in [6.07, 6.45) is 9.45. The van der Waals surface area contributed by atoms with Crippen LogP contribution in [0.4, 0.5) is 10.1 Å². The monoisotopic (exact) mass is 523 g/mol. The van der Waals surface area contributed by atoms with Crippen molar-refractivity contribution in [3.05, 3.63) is 67.3 Å². The van der Waals surface area contributed by atoms with E-state index < -0.39 is 12.0 Å². The van der Waals surface area contributed by atoms with E-state index in [0.717, 1.165) is 11.1 Å². The molecule has 0 amide bonds. The lowest BCUT2D eigenvalue weighted by atomic mass is 9.91. The van der Waals surface area contributed by atoms with Crippen molar-refractivity contribution in [3.8, 4) is 33.8 Å². The summed E-state index contributed by atoms with van der Waals surface area (Å²) in [7, 11) is 0. The van der Waals surface area contributed by atoms with E-state index in [0.29, 0.717) is 40.4 Å². The average molecular weight is 524 g/mol. The molecule has 39 heavy (non-hydrogen) atoms.